The quantitative estimate of drug-likeness (QED) is 0.398. The predicted octanol–water partition coefficient (Wildman–Crippen LogP) is 1.95. The van der Waals surface area contributed by atoms with E-state index in [0.717, 1.165) is 10.8 Å². The topological polar surface area (TPSA) is 81.7 Å². The molecule has 0 aliphatic heterocycles. The summed E-state index contributed by atoms with van der Waals surface area (Å²) >= 11 is 0. The molecule has 0 rings (SSSR count). The molecule has 0 aliphatic carbocycles. The van der Waals surface area contributed by atoms with Crippen molar-refractivity contribution in [2.75, 3.05) is 0 Å². The number of nitriles is 2. The van der Waals surface area contributed by atoms with Crippen molar-refractivity contribution in [3.8, 4) is 10.8 Å². The van der Waals surface area contributed by atoms with Crippen LogP contribution in [0.4, 0.5) is 0 Å². The first-order valence-corrected chi connectivity index (χ1v) is 5.59. The Morgan fingerprint density at radius 2 is 1.31 bits per heavy atom. The van der Waals surface area contributed by atoms with Crippen LogP contribution in [-0.2, 0) is 9.84 Å². The SMILES string of the molecule is CCCCCC.N#CS(=O)(=O)C#N. The summed E-state index contributed by atoms with van der Waals surface area (Å²) in [4.78, 5) is 0. The lowest BCUT2D eigenvalue weighted by molar-refractivity contribution is 0.614. The van der Waals surface area contributed by atoms with Gasteiger partial charge in [0.1, 0.15) is 0 Å². The molecule has 0 heterocycles. The van der Waals surface area contributed by atoms with E-state index in [1.54, 1.807) is 0 Å². The van der Waals surface area contributed by atoms with Gasteiger partial charge in [0.15, 0.2) is 0 Å². The van der Waals surface area contributed by atoms with Crippen molar-refractivity contribution >= 4 is 9.84 Å². The molecule has 0 aromatic heterocycles. The van der Waals surface area contributed by atoms with Crippen LogP contribution in [0.1, 0.15) is 39.5 Å². The Morgan fingerprint density at radius 1 is 1.00 bits per heavy atom. The third-order valence-corrected chi connectivity index (χ3v) is 1.68. The molecule has 0 aromatic rings. The Balaban J connectivity index is 0. The van der Waals surface area contributed by atoms with Gasteiger partial charge < -0.3 is 0 Å². The second-order valence-corrected chi connectivity index (χ2v) is 3.77. The Bertz CT molecular complexity index is 258. The number of nitrogens with zero attached hydrogens (tertiary/aromatic N) is 2. The van der Waals surface area contributed by atoms with Crippen molar-refractivity contribution in [2.45, 2.75) is 39.5 Å². The maximum Gasteiger partial charge on any atom is 0.333 e. The summed E-state index contributed by atoms with van der Waals surface area (Å²) in [5.74, 6) is 0. The normalized spacial score (nSPS) is 8.92. The van der Waals surface area contributed by atoms with Crippen molar-refractivity contribution in [3.05, 3.63) is 0 Å². The fourth-order valence-electron chi connectivity index (χ4n) is 0.520. The minimum Gasteiger partial charge on any atom is -0.197 e. The average molecular weight is 202 g/mol. The maximum atomic E-state index is 9.65. The Morgan fingerprint density at radius 3 is 1.38 bits per heavy atom. The molecular formula is C8H14N2O2S. The first-order chi connectivity index (χ1) is 6.04. The molecule has 0 aromatic carbocycles. The van der Waals surface area contributed by atoms with E-state index in [1.165, 1.54) is 25.7 Å². The van der Waals surface area contributed by atoms with E-state index in [4.69, 9.17) is 10.5 Å². The first kappa shape index (κ1) is 14.5. The highest BCUT2D eigenvalue weighted by molar-refractivity contribution is 8.00. The van der Waals surface area contributed by atoms with Crippen LogP contribution in [0.5, 0.6) is 0 Å². The molecule has 0 bridgehead atoms. The number of rotatable bonds is 3. The van der Waals surface area contributed by atoms with Crippen LogP contribution >= 0.6 is 0 Å². The van der Waals surface area contributed by atoms with Crippen molar-refractivity contribution in [1.82, 2.24) is 0 Å². The van der Waals surface area contributed by atoms with Gasteiger partial charge in [0, 0.05) is 0 Å². The van der Waals surface area contributed by atoms with E-state index in [9.17, 15) is 8.42 Å². The Kier molecular flexibility index (Phi) is 10.0. The summed E-state index contributed by atoms with van der Waals surface area (Å²) in [5, 5.41) is 16.7. The predicted molar refractivity (Wildman–Crippen MR) is 50.0 cm³/mol. The molecule has 5 heteroatoms. The molecule has 0 radical (unpaired) electrons. The molecule has 0 atom stereocenters. The molecule has 0 unspecified atom stereocenters. The van der Waals surface area contributed by atoms with Crippen LogP contribution in [0.25, 0.3) is 0 Å². The molecule has 0 saturated heterocycles. The number of unbranched alkanes of at least 4 members (excludes halogenated alkanes) is 3. The van der Waals surface area contributed by atoms with Gasteiger partial charge in [-0.25, -0.2) is 0 Å². The van der Waals surface area contributed by atoms with E-state index >= 15 is 0 Å². The van der Waals surface area contributed by atoms with E-state index < -0.39 is 9.84 Å². The highest BCUT2D eigenvalue weighted by Crippen LogP contribution is 1.95. The van der Waals surface area contributed by atoms with E-state index in [1.807, 2.05) is 0 Å². The van der Waals surface area contributed by atoms with Gasteiger partial charge in [0.25, 0.3) is 0 Å². The zero-order chi connectivity index (χ0) is 10.7. The monoisotopic (exact) mass is 202 g/mol. The first-order valence-electron chi connectivity index (χ1n) is 4.10. The molecule has 0 amide bonds. The minimum atomic E-state index is -4.05. The van der Waals surface area contributed by atoms with Crippen LogP contribution in [-0.4, -0.2) is 8.42 Å². The van der Waals surface area contributed by atoms with Crippen LogP contribution in [0.15, 0.2) is 0 Å². The molecular weight excluding hydrogens is 188 g/mol. The van der Waals surface area contributed by atoms with Gasteiger partial charge in [-0.15, -0.1) is 0 Å². The van der Waals surface area contributed by atoms with Crippen molar-refractivity contribution < 1.29 is 8.42 Å². The number of hydrogen-bond acceptors (Lipinski definition) is 4. The number of hydrogen-bond donors (Lipinski definition) is 0. The van der Waals surface area contributed by atoms with E-state index in [-0.39, 0.29) is 0 Å². The van der Waals surface area contributed by atoms with Crippen molar-refractivity contribution in [3.63, 3.8) is 0 Å². The zero-order valence-electron chi connectivity index (χ0n) is 7.95. The molecule has 0 saturated carbocycles. The summed E-state index contributed by atoms with van der Waals surface area (Å²) < 4.78 is 19.3. The van der Waals surface area contributed by atoms with Crippen LogP contribution in [0.2, 0.25) is 0 Å². The third-order valence-electron chi connectivity index (χ3n) is 1.20. The average Bonchev–Trinajstić information content (AvgIpc) is 2.16. The fraction of sp³-hybridized carbons (Fsp3) is 0.750. The molecule has 13 heavy (non-hydrogen) atoms. The van der Waals surface area contributed by atoms with Gasteiger partial charge in [-0.1, -0.05) is 39.5 Å². The summed E-state index contributed by atoms with van der Waals surface area (Å²) in [5.41, 5.74) is 0. The lowest BCUT2D eigenvalue weighted by Gasteiger charge is -1.86. The van der Waals surface area contributed by atoms with Crippen LogP contribution in [0, 0.1) is 21.3 Å². The lowest BCUT2D eigenvalue weighted by atomic mass is 10.2. The smallest absolute Gasteiger partial charge is 0.197 e. The zero-order valence-corrected chi connectivity index (χ0v) is 8.76. The lowest BCUT2D eigenvalue weighted by Crippen LogP contribution is -1.85. The highest BCUT2D eigenvalue weighted by atomic mass is 32.2. The van der Waals surface area contributed by atoms with E-state index in [2.05, 4.69) is 13.8 Å². The van der Waals surface area contributed by atoms with Gasteiger partial charge in [0.2, 0.25) is 10.8 Å². The van der Waals surface area contributed by atoms with Crippen molar-refractivity contribution in [1.29, 1.82) is 10.5 Å². The van der Waals surface area contributed by atoms with E-state index in [0.29, 0.717) is 0 Å². The summed E-state index contributed by atoms with van der Waals surface area (Å²) in [7, 11) is -4.05. The standard InChI is InChI=1S/C6H14.C2N2O2S/c1-3-5-6-4-2;3-1-7(5,6)2-4/h3-6H2,1-2H3;. The third kappa shape index (κ3) is 13.9. The number of thiocyanates is 2. The highest BCUT2D eigenvalue weighted by Gasteiger charge is 2.01. The minimum absolute atomic E-state index is 0.802. The Labute approximate surface area is 79.7 Å². The number of sulfone groups is 1. The second kappa shape index (κ2) is 9.02. The summed E-state index contributed by atoms with van der Waals surface area (Å²) in [6, 6.07) is 0. The van der Waals surface area contributed by atoms with Gasteiger partial charge in [-0.2, -0.15) is 18.9 Å². The van der Waals surface area contributed by atoms with Crippen LogP contribution in [0.3, 0.4) is 0 Å². The second-order valence-electron chi connectivity index (χ2n) is 2.39. The van der Waals surface area contributed by atoms with Gasteiger partial charge in [-0.05, 0) is 0 Å². The molecule has 0 fully saturated rings. The largest absolute Gasteiger partial charge is 0.333 e. The summed E-state index contributed by atoms with van der Waals surface area (Å²) in [6.07, 6.45) is 5.54. The molecule has 4 nitrogen and oxygen atoms in total. The fourth-order valence-corrected chi connectivity index (χ4v) is 0.561. The van der Waals surface area contributed by atoms with Gasteiger partial charge in [-0.3, -0.25) is 0 Å². The maximum absolute atomic E-state index is 9.65. The molecule has 0 N–H and O–H groups in total. The Hall–Kier alpha value is -1.07. The molecule has 74 valence electrons. The van der Waals surface area contributed by atoms with Crippen LogP contribution < -0.4 is 0 Å². The molecule has 0 spiro atoms. The molecule has 0 aliphatic rings. The van der Waals surface area contributed by atoms with Gasteiger partial charge >= 0.3 is 9.84 Å². The summed E-state index contributed by atoms with van der Waals surface area (Å²) in [6.45, 7) is 4.46. The van der Waals surface area contributed by atoms with Crippen molar-refractivity contribution in [2.24, 2.45) is 0 Å². The van der Waals surface area contributed by atoms with Gasteiger partial charge in [0.05, 0.1) is 0 Å².